The number of benzene rings is 1. The van der Waals surface area contributed by atoms with E-state index in [1.165, 1.54) is 11.3 Å². The number of hydrogen-bond acceptors (Lipinski definition) is 1. The van der Waals surface area contributed by atoms with Gasteiger partial charge in [0.1, 0.15) is 0 Å². The van der Waals surface area contributed by atoms with Gasteiger partial charge in [0.05, 0.1) is 18.1 Å². The van der Waals surface area contributed by atoms with Gasteiger partial charge in [-0.25, -0.2) is 4.98 Å². The molecule has 2 aromatic rings. The van der Waals surface area contributed by atoms with Crippen molar-refractivity contribution in [1.82, 2.24) is 9.55 Å². The molecule has 0 aliphatic rings. The van der Waals surface area contributed by atoms with Crippen LogP contribution in [0.2, 0.25) is 0 Å². The van der Waals surface area contributed by atoms with Crippen LogP contribution in [0.4, 0.5) is 0 Å². The van der Waals surface area contributed by atoms with Gasteiger partial charge in [0.25, 0.3) is 0 Å². The minimum atomic E-state index is 0.405. The molecule has 1 atom stereocenters. The highest BCUT2D eigenvalue weighted by molar-refractivity contribution is 5.22. The molecule has 0 bridgehead atoms. The van der Waals surface area contributed by atoms with E-state index >= 15 is 0 Å². The van der Waals surface area contributed by atoms with E-state index in [0.717, 1.165) is 12.1 Å². The average Bonchev–Trinajstić information content (AvgIpc) is 2.64. The van der Waals surface area contributed by atoms with Gasteiger partial charge in [-0.3, -0.25) is 0 Å². The lowest BCUT2D eigenvalue weighted by molar-refractivity contribution is 0.554. The standard InChI is InChI=1S/C14H18N2/c1-4-14(13-8-6-5-7-9-13)16-10-15-11(2)12(16)3/h5-10,14H,4H2,1-3H3. The minimum Gasteiger partial charge on any atom is -0.327 e. The lowest BCUT2D eigenvalue weighted by atomic mass is 10.0. The minimum absolute atomic E-state index is 0.405. The van der Waals surface area contributed by atoms with E-state index in [1.807, 2.05) is 6.33 Å². The predicted molar refractivity (Wildman–Crippen MR) is 66.6 cm³/mol. The number of imidazole rings is 1. The summed E-state index contributed by atoms with van der Waals surface area (Å²) in [6, 6.07) is 11.0. The second-order valence-corrected chi connectivity index (χ2v) is 4.16. The van der Waals surface area contributed by atoms with Gasteiger partial charge >= 0.3 is 0 Å². The molecule has 2 rings (SSSR count). The molecule has 84 valence electrons. The van der Waals surface area contributed by atoms with Gasteiger partial charge in [-0.1, -0.05) is 37.3 Å². The number of rotatable bonds is 3. The summed E-state index contributed by atoms with van der Waals surface area (Å²) in [5.74, 6) is 0. The van der Waals surface area contributed by atoms with Crippen molar-refractivity contribution >= 4 is 0 Å². The van der Waals surface area contributed by atoms with Crippen LogP contribution in [-0.2, 0) is 0 Å². The molecule has 0 spiro atoms. The Morgan fingerprint density at radius 1 is 1.19 bits per heavy atom. The smallest absolute Gasteiger partial charge is 0.0957 e. The first-order valence-corrected chi connectivity index (χ1v) is 5.79. The molecule has 16 heavy (non-hydrogen) atoms. The fraction of sp³-hybridized carbons (Fsp3) is 0.357. The Morgan fingerprint density at radius 2 is 1.88 bits per heavy atom. The van der Waals surface area contributed by atoms with Crippen molar-refractivity contribution < 1.29 is 0 Å². The Hall–Kier alpha value is -1.57. The summed E-state index contributed by atoms with van der Waals surface area (Å²) in [6.07, 6.45) is 3.03. The fourth-order valence-electron chi connectivity index (χ4n) is 2.10. The maximum Gasteiger partial charge on any atom is 0.0957 e. The molecule has 0 amide bonds. The highest BCUT2D eigenvalue weighted by Crippen LogP contribution is 2.23. The van der Waals surface area contributed by atoms with Gasteiger partial charge in [0.15, 0.2) is 0 Å². The average molecular weight is 214 g/mol. The molecule has 1 aromatic heterocycles. The molecule has 1 heterocycles. The third kappa shape index (κ3) is 1.87. The third-order valence-electron chi connectivity index (χ3n) is 3.19. The number of aryl methyl sites for hydroxylation is 1. The number of aromatic nitrogens is 2. The normalized spacial score (nSPS) is 12.7. The van der Waals surface area contributed by atoms with E-state index in [4.69, 9.17) is 0 Å². The topological polar surface area (TPSA) is 17.8 Å². The highest BCUT2D eigenvalue weighted by Gasteiger charge is 2.13. The van der Waals surface area contributed by atoms with Gasteiger partial charge in [-0.05, 0) is 25.8 Å². The van der Waals surface area contributed by atoms with Crippen molar-refractivity contribution in [3.8, 4) is 0 Å². The zero-order chi connectivity index (χ0) is 11.5. The van der Waals surface area contributed by atoms with Crippen LogP contribution in [0.25, 0.3) is 0 Å². The lowest BCUT2D eigenvalue weighted by Crippen LogP contribution is -2.10. The van der Waals surface area contributed by atoms with Crippen molar-refractivity contribution in [2.45, 2.75) is 33.2 Å². The Morgan fingerprint density at radius 3 is 2.38 bits per heavy atom. The second-order valence-electron chi connectivity index (χ2n) is 4.16. The number of hydrogen-bond donors (Lipinski definition) is 0. The summed E-state index contributed by atoms with van der Waals surface area (Å²) in [7, 11) is 0. The van der Waals surface area contributed by atoms with Gasteiger partial charge in [0, 0.05) is 5.69 Å². The van der Waals surface area contributed by atoms with Crippen LogP contribution in [0.5, 0.6) is 0 Å². The summed E-state index contributed by atoms with van der Waals surface area (Å²) in [4.78, 5) is 4.37. The van der Waals surface area contributed by atoms with E-state index in [2.05, 4.69) is 60.7 Å². The van der Waals surface area contributed by atoms with Gasteiger partial charge in [0.2, 0.25) is 0 Å². The SMILES string of the molecule is CCC(c1ccccc1)n1cnc(C)c1C. The maximum absolute atomic E-state index is 4.37. The molecule has 0 aliphatic heterocycles. The summed E-state index contributed by atoms with van der Waals surface area (Å²) < 4.78 is 2.27. The Balaban J connectivity index is 2.41. The Labute approximate surface area is 97.0 Å². The van der Waals surface area contributed by atoms with Crippen molar-refractivity contribution in [3.05, 3.63) is 53.6 Å². The molecule has 1 unspecified atom stereocenters. The van der Waals surface area contributed by atoms with Crippen LogP contribution in [0.1, 0.15) is 36.3 Å². The molecule has 0 radical (unpaired) electrons. The first-order valence-electron chi connectivity index (χ1n) is 5.79. The molecule has 0 saturated carbocycles. The van der Waals surface area contributed by atoms with Crippen LogP contribution in [0, 0.1) is 13.8 Å². The monoisotopic (exact) mass is 214 g/mol. The lowest BCUT2D eigenvalue weighted by Gasteiger charge is -2.19. The molecular formula is C14H18N2. The molecule has 0 fully saturated rings. The third-order valence-corrected chi connectivity index (χ3v) is 3.19. The van der Waals surface area contributed by atoms with Crippen molar-refractivity contribution in [2.75, 3.05) is 0 Å². The molecule has 2 nitrogen and oxygen atoms in total. The summed E-state index contributed by atoms with van der Waals surface area (Å²) in [5.41, 5.74) is 3.73. The van der Waals surface area contributed by atoms with Gasteiger partial charge < -0.3 is 4.57 Å². The van der Waals surface area contributed by atoms with Crippen molar-refractivity contribution in [1.29, 1.82) is 0 Å². The van der Waals surface area contributed by atoms with Crippen LogP contribution in [-0.4, -0.2) is 9.55 Å². The zero-order valence-corrected chi connectivity index (χ0v) is 10.1. The summed E-state index contributed by atoms with van der Waals surface area (Å²) in [5, 5.41) is 0. The maximum atomic E-state index is 4.37. The van der Waals surface area contributed by atoms with Gasteiger partial charge in [-0.15, -0.1) is 0 Å². The van der Waals surface area contributed by atoms with Crippen molar-refractivity contribution in [3.63, 3.8) is 0 Å². The largest absolute Gasteiger partial charge is 0.327 e. The Bertz CT molecular complexity index is 457. The molecule has 1 aromatic carbocycles. The summed E-state index contributed by atoms with van der Waals surface area (Å²) in [6.45, 7) is 6.41. The predicted octanol–water partition coefficient (Wildman–Crippen LogP) is 3.50. The first-order chi connectivity index (χ1) is 7.74. The van der Waals surface area contributed by atoms with Crippen LogP contribution in [0.15, 0.2) is 36.7 Å². The van der Waals surface area contributed by atoms with E-state index in [1.54, 1.807) is 0 Å². The molecule has 2 heteroatoms. The van der Waals surface area contributed by atoms with Crippen LogP contribution >= 0.6 is 0 Å². The fourth-order valence-corrected chi connectivity index (χ4v) is 2.10. The molecule has 0 saturated heterocycles. The highest BCUT2D eigenvalue weighted by atomic mass is 15.1. The van der Waals surface area contributed by atoms with Gasteiger partial charge in [-0.2, -0.15) is 0 Å². The Kier molecular flexibility index (Phi) is 3.09. The van der Waals surface area contributed by atoms with E-state index in [9.17, 15) is 0 Å². The molecule has 0 N–H and O–H groups in total. The van der Waals surface area contributed by atoms with Crippen LogP contribution < -0.4 is 0 Å². The molecular weight excluding hydrogens is 196 g/mol. The summed E-state index contributed by atoms with van der Waals surface area (Å²) >= 11 is 0. The zero-order valence-electron chi connectivity index (χ0n) is 10.1. The first kappa shape index (κ1) is 10.9. The second kappa shape index (κ2) is 4.52. The number of nitrogens with zero attached hydrogens (tertiary/aromatic N) is 2. The van der Waals surface area contributed by atoms with E-state index in [-0.39, 0.29) is 0 Å². The van der Waals surface area contributed by atoms with E-state index < -0.39 is 0 Å². The van der Waals surface area contributed by atoms with Crippen molar-refractivity contribution in [2.24, 2.45) is 0 Å². The van der Waals surface area contributed by atoms with Crippen LogP contribution in [0.3, 0.4) is 0 Å². The molecule has 0 aliphatic carbocycles. The van der Waals surface area contributed by atoms with E-state index in [0.29, 0.717) is 6.04 Å². The quantitative estimate of drug-likeness (QED) is 0.764.